The zero-order valence-electron chi connectivity index (χ0n) is 32.5. The number of aliphatic imine (C=N–C) groups is 2. The van der Waals surface area contributed by atoms with Crippen LogP contribution in [0.25, 0.3) is 66.7 Å². The summed E-state index contributed by atoms with van der Waals surface area (Å²) in [7, 11) is 0. The van der Waals surface area contributed by atoms with Crippen molar-refractivity contribution in [3.8, 4) is 33.4 Å². The SMILES string of the molecule is C1=C(n2c3ccccc3n3c4ccccc4c(-c4ccccc4)c23)CCC2C1C2C1N=C(c2cccc(-c3ccccc3)c2)NC(c2cccc(-c3ccccc3)c2)=N1. The molecule has 7 aromatic carbocycles. The highest BCUT2D eigenvalue weighted by molar-refractivity contribution is 6.16. The lowest BCUT2D eigenvalue weighted by Gasteiger charge is -2.23. The molecule has 3 atom stereocenters. The second kappa shape index (κ2) is 13.7. The van der Waals surface area contributed by atoms with E-state index >= 15 is 0 Å². The maximum atomic E-state index is 5.48. The number of nitrogens with one attached hydrogen (secondary N) is 1. The highest BCUT2D eigenvalue weighted by Crippen LogP contribution is 2.58. The van der Waals surface area contributed by atoms with Gasteiger partial charge in [-0.1, -0.05) is 164 Å². The van der Waals surface area contributed by atoms with Crippen LogP contribution in [-0.4, -0.2) is 26.8 Å². The zero-order valence-corrected chi connectivity index (χ0v) is 32.5. The van der Waals surface area contributed by atoms with Crippen molar-refractivity contribution in [2.45, 2.75) is 19.0 Å². The summed E-state index contributed by atoms with van der Waals surface area (Å²) in [6, 6.07) is 67.4. The van der Waals surface area contributed by atoms with E-state index in [0.29, 0.717) is 17.8 Å². The summed E-state index contributed by atoms with van der Waals surface area (Å²) in [5.74, 6) is 2.98. The fraction of sp³-hybridized carbons (Fsp3) is 0.111. The standard InChI is InChI=1S/C54H41N5/c1-4-16-35(17-5-1)38-22-14-24-40(32-38)51-55-52(41-25-15-23-39(33-41)36-18-6-2-7-19-36)57-53(56-51)50-43-31-30-42(34-45(43)50)58-47-28-12-13-29-48(47)59-46-27-11-10-26-44(46)49(54(58)59)37-20-8-3-9-21-37/h1-29,32-34,43,45,50,53H,30-31H2,(H,55,56,57). The smallest absolute Gasteiger partial charge is 0.148 e. The minimum absolute atomic E-state index is 0.204. The number of allylic oxidation sites excluding steroid dienone is 2. The molecule has 1 aliphatic heterocycles. The van der Waals surface area contributed by atoms with Gasteiger partial charge in [-0.2, -0.15) is 0 Å². The molecule has 2 aromatic heterocycles. The number of nitrogens with zero attached hydrogens (tertiary/aromatic N) is 4. The van der Waals surface area contributed by atoms with E-state index in [0.717, 1.165) is 35.6 Å². The van der Waals surface area contributed by atoms with Gasteiger partial charge in [-0.3, -0.25) is 8.97 Å². The van der Waals surface area contributed by atoms with Crippen LogP contribution in [0, 0.1) is 17.8 Å². The summed E-state index contributed by atoms with van der Waals surface area (Å²) in [6.45, 7) is 0. The molecule has 282 valence electrons. The molecule has 3 unspecified atom stereocenters. The lowest BCUT2D eigenvalue weighted by atomic mass is 10.0. The third kappa shape index (κ3) is 5.68. The predicted molar refractivity (Wildman–Crippen MR) is 244 cm³/mol. The van der Waals surface area contributed by atoms with E-state index in [-0.39, 0.29) is 6.17 Å². The van der Waals surface area contributed by atoms with Crippen LogP contribution in [0.4, 0.5) is 0 Å². The fourth-order valence-electron chi connectivity index (χ4n) is 9.98. The number of imidazole rings is 1. The molecule has 0 spiro atoms. The van der Waals surface area contributed by atoms with Crippen molar-refractivity contribution in [1.29, 1.82) is 0 Å². The van der Waals surface area contributed by atoms with Gasteiger partial charge in [0.15, 0.2) is 0 Å². The monoisotopic (exact) mass is 759 g/mol. The first-order valence-corrected chi connectivity index (χ1v) is 20.8. The zero-order chi connectivity index (χ0) is 38.9. The number of para-hydroxylation sites is 3. The summed E-state index contributed by atoms with van der Waals surface area (Å²) in [4.78, 5) is 11.0. The highest BCUT2D eigenvalue weighted by Gasteiger charge is 2.55. The van der Waals surface area contributed by atoms with Crippen molar-refractivity contribution >= 4 is 45.0 Å². The van der Waals surface area contributed by atoms with Gasteiger partial charge in [-0.25, -0.2) is 9.98 Å². The lowest BCUT2D eigenvalue weighted by molar-refractivity contribution is 0.549. The van der Waals surface area contributed by atoms with E-state index < -0.39 is 0 Å². The molecule has 3 aliphatic rings. The summed E-state index contributed by atoms with van der Waals surface area (Å²) in [5, 5.41) is 5.00. The van der Waals surface area contributed by atoms with Gasteiger partial charge in [0.25, 0.3) is 0 Å². The lowest BCUT2D eigenvalue weighted by Crippen LogP contribution is -2.38. The molecule has 12 rings (SSSR count). The van der Waals surface area contributed by atoms with E-state index in [9.17, 15) is 0 Å². The van der Waals surface area contributed by atoms with Crippen LogP contribution in [0.3, 0.4) is 0 Å². The Morgan fingerprint density at radius 3 is 1.61 bits per heavy atom. The Kier molecular flexibility index (Phi) is 7.87. The van der Waals surface area contributed by atoms with Crippen molar-refractivity contribution in [1.82, 2.24) is 14.3 Å². The second-order valence-electron chi connectivity index (χ2n) is 16.1. The molecule has 59 heavy (non-hydrogen) atoms. The van der Waals surface area contributed by atoms with Gasteiger partial charge in [-0.15, -0.1) is 0 Å². The quantitative estimate of drug-likeness (QED) is 0.173. The molecule has 1 fully saturated rings. The number of hydrogen-bond acceptors (Lipinski definition) is 3. The van der Waals surface area contributed by atoms with Gasteiger partial charge in [0.1, 0.15) is 23.5 Å². The average Bonchev–Trinajstić information content (AvgIpc) is 3.81. The molecule has 1 saturated carbocycles. The van der Waals surface area contributed by atoms with Crippen LogP contribution in [0.15, 0.2) is 204 Å². The first-order valence-electron chi connectivity index (χ1n) is 20.8. The van der Waals surface area contributed by atoms with Crippen molar-refractivity contribution in [2.24, 2.45) is 27.7 Å². The molecule has 2 aliphatic carbocycles. The van der Waals surface area contributed by atoms with Crippen LogP contribution >= 0.6 is 0 Å². The van der Waals surface area contributed by atoms with Gasteiger partial charge < -0.3 is 5.32 Å². The molecule has 3 heterocycles. The number of amidine groups is 2. The molecule has 0 amide bonds. The number of hydrogen-bond donors (Lipinski definition) is 1. The van der Waals surface area contributed by atoms with Crippen LogP contribution in [0.1, 0.15) is 24.0 Å². The van der Waals surface area contributed by atoms with Gasteiger partial charge in [0, 0.05) is 33.7 Å². The summed E-state index contributed by atoms with van der Waals surface area (Å²) in [5.41, 5.74) is 15.7. The summed E-state index contributed by atoms with van der Waals surface area (Å²) < 4.78 is 5.05. The minimum Gasteiger partial charge on any atom is -0.324 e. The topological polar surface area (TPSA) is 46.1 Å². The normalized spacial score (nSPS) is 18.9. The molecule has 5 heteroatoms. The fourth-order valence-corrected chi connectivity index (χ4v) is 9.98. The first-order chi connectivity index (χ1) is 29.3. The third-order valence-corrected chi connectivity index (χ3v) is 12.8. The van der Waals surface area contributed by atoms with Gasteiger partial charge >= 0.3 is 0 Å². The van der Waals surface area contributed by atoms with E-state index in [4.69, 9.17) is 9.98 Å². The third-order valence-electron chi connectivity index (χ3n) is 12.8. The van der Waals surface area contributed by atoms with Crippen LogP contribution in [0.2, 0.25) is 0 Å². The molecule has 5 nitrogen and oxygen atoms in total. The summed E-state index contributed by atoms with van der Waals surface area (Å²) in [6.07, 6.45) is 4.48. The van der Waals surface area contributed by atoms with Crippen LogP contribution in [-0.2, 0) is 0 Å². The van der Waals surface area contributed by atoms with Crippen LogP contribution < -0.4 is 5.32 Å². The Hall–Kier alpha value is -7.24. The Morgan fingerprint density at radius 2 is 0.983 bits per heavy atom. The van der Waals surface area contributed by atoms with Crippen LogP contribution in [0.5, 0.6) is 0 Å². The van der Waals surface area contributed by atoms with Gasteiger partial charge in [0.2, 0.25) is 0 Å². The summed E-state index contributed by atoms with van der Waals surface area (Å²) >= 11 is 0. The number of benzene rings is 7. The van der Waals surface area contributed by atoms with Crippen molar-refractivity contribution in [3.05, 3.63) is 205 Å². The van der Waals surface area contributed by atoms with E-state index in [1.165, 1.54) is 66.7 Å². The molecule has 9 aromatic rings. The molecule has 1 N–H and O–H groups in total. The largest absolute Gasteiger partial charge is 0.324 e. The predicted octanol–water partition coefficient (Wildman–Crippen LogP) is 12.4. The molecule has 0 saturated heterocycles. The van der Waals surface area contributed by atoms with E-state index in [1.807, 2.05) is 0 Å². The number of rotatable bonds is 7. The molecular weight excluding hydrogens is 719 g/mol. The van der Waals surface area contributed by atoms with E-state index in [2.05, 4.69) is 208 Å². The van der Waals surface area contributed by atoms with Crippen molar-refractivity contribution < 1.29 is 0 Å². The first kappa shape index (κ1) is 33.9. The number of aromatic nitrogens is 2. The highest BCUT2D eigenvalue weighted by atomic mass is 15.2. The van der Waals surface area contributed by atoms with Gasteiger partial charge in [-0.05, 0) is 82.8 Å². The Labute approximate surface area is 343 Å². The number of fused-ring (bicyclic) bond motifs is 6. The molecule has 0 bridgehead atoms. The Balaban J connectivity index is 0.974. The van der Waals surface area contributed by atoms with Crippen molar-refractivity contribution in [3.63, 3.8) is 0 Å². The average molecular weight is 760 g/mol. The molecule has 0 radical (unpaired) electrons. The van der Waals surface area contributed by atoms with Gasteiger partial charge in [0.05, 0.1) is 16.6 Å². The molecular formula is C54H41N5. The Morgan fingerprint density at radius 1 is 0.475 bits per heavy atom. The second-order valence-corrected chi connectivity index (χ2v) is 16.1. The van der Waals surface area contributed by atoms with Crippen molar-refractivity contribution in [2.75, 3.05) is 0 Å². The maximum Gasteiger partial charge on any atom is 0.148 e. The minimum atomic E-state index is -0.204. The maximum absolute atomic E-state index is 5.48. The van der Waals surface area contributed by atoms with E-state index in [1.54, 1.807) is 0 Å². The Bertz CT molecular complexity index is 3050.